The van der Waals surface area contributed by atoms with Crippen LogP contribution < -0.4 is 0 Å². The first-order valence-corrected chi connectivity index (χ1v) is 6.08. The highest BCUT2D eigenvalue weighted by atomic mass is 16.5. The van der Waals surface area contributed by atoms with Crippen molar-refractivity contribution in [2.45, 2.75) is 44.7 Å². The van der Waals surface area contributed by atoms with Crippen LogP contribution in [0.3, 0.4) is 0 Å². The molecule has 3 rings (SSSR count). The lowest BCUT2D eigenvalue weighted by Crippen LogP contribution is -2.44. The van der Waals surface area contributed by atoms with E-state index in [2.05, 4.69) is 11.7 Å². The van der Waals surface area contributed by atoms with E-state index in [0.717, 1.165) is 25.7 Å². The maximum atomic E-state index is 12.4. The molecule has 1 aromatic heterocycles. The molecule has 0 saturated carbocycles. The maximum absolute atomic E-state index is 12.4. The van der Waals surface area contributed by atoms with Crippen molar-refractivity contribution in [2.24, 2.45) is 0 Å². The molecule has 90 valence electrons. The zero-order valence-electron chi connectivity index (χ0n) is 9.98. The second-order valence-corrected chi connectivity index (χ2v) is 5.08. The Morgan fingerprint density at radius 3 is 2.65 bits per heavy atom. The molecular weight excluding hydrogens is 216 g/mol. The van der Waals surface area contributed by atoms with Crippen LogP contribution in [0.2, 0.25) is 0 Å². The lowest BCUT2D eigenvalue weighted by Gasteiger charge is -2.35. The average molecular weight is 232 g/mol. The molecule has 2 atom stereocenters. The van der Waals surface area contributed by atoms with Crippen molar-refractivity contribution < 1.29 is 9.32 Å². The molecule has 2 fully saturated rings. The van der Waals surface area contributed by atoms with Crippen molar-refractivity contribution in [3.63, 3.8) is 0 Å². The second-order valence-electron chi connectivity index (χ2n) is 5.08. The van der Waals surface area contributed by atoms with E-state index in [1.165, 1.54) is 5.57 Å². The minimum atomic E-state index is 0.0156. The first-order chi connectivity index (χ1) is 8.15. The fraction of sp³-hybridized carbons (Fsp3) is 0.538. The van der Waals surface area contributed by atoms with E-state index < -0.39 is 0 Å². The molecule has 3 heterocycles. The van der Waals surface area contributed by atoms with Crippen LogP contribution in [0.15, 0.2) is 22.7 Å². The number of aromatic nitrogens is 1. The van der Waals surface area contributed by atoms with Crippen LogP contribution in [0.4, 0.5) is 0 Å². The highest BCUT2D eigenvalue weighted by molar-refractivity contribution is 5.93. The summed E-state index contributed by atoms with van der Waals surface area (Å²) in [6.07, 6.45) is 4.07. The number of hydrogen-bond acceptors (Lipinski definition) is 3. The highest BCUT2D eigenvalue weighted by Gasteiger charge is 2.41. The highest BCUT2D eigenvalue weighted by Crippen LogP contribution is 2.38. The van der Waals surface area contributed by atoms with Crippen LogP contribution in [-0.4, -0.2) is 28.0 Å². The molecule has 1 amide bonds. The summed E-state index contributed by atoms with van der Waals surface area (Å²) < 4.78 is 4.97. The molecule has 2 bridgehead atoms. The minimum Gasteiger partial charge on any atom is -0.361 e. The molecule has 2 aliphatic heterocycles. The van der Waals surface area contributed by atoms with Crippen molar-refractivity contribution >= 4 is 5.91 Å². The van der Waals surface area contributed by atoms with Crippen molar-refractivity contribution in [2.75, 3.05) is 0 Å². The van der Waals surface area contributed by atoms with Gasteiger partial charge in [-0.2, -0.15) is 0 Å². The maximum Gasteiger partial charge on any atom is 0.276 e. The molecule has 4 nitrogen and oxygen atoms in total. The number of rotatable bonds is 1. The van der Waals surface area contributed by atoms with Crippen LogP contribution in [0, 0.1) is 6.92 Å². The number of carbonyl (C=O) groups excluding carboxylic acids is 1. The fourth-order valence-corrected chi connectivity index (χ4v) is 3.04. The van der Waals surface area contributed by atoms with E-state index in [0.29, 0.717) is 23.5 Å². The third kappa shape index (κ3) is 1.68. The van der Waals surface area contributed by atoms with Crippen molar-refractivity contribution in [3.05, 3.63) is 29.7 Å². The van der Waals surface area contributed by atoms with Gasteiger partial charge in [0.15, 0.2) is 5.69 Å². The Kier molecular flexibility index (Phi) is 2.31. The molecule has 2 saturated heterocycles. The Morgan fingerprint density at radius 1 is 1.47 bits per heavy atom. The van der Waals surface area contributed by atoms with Crippen LogP contribution >= 0.6 is 0 Å². The fourth-order valence-electron chi connectivity index (χ4n) is 3.04. The Hall–Kier alpha value is -1.58. The summed E-state index contributed by atoms with van der Waals surface area (Å²) in [7, 11) is 0. The van der Waals surface area contributed by atoms with E-state index in [4.69, 9.17) is 4.52 Å². The van der Waals surface area contributed by atoms with Crippen molar-refractivity contribution in [1.29, 1.82) is 0 Å². The number of fused-ring (bicyclic) bond motifs is 2. The van der Waals surface area contributed by atoms with Gasteiger partial charge in [0.2, 0.25) is 0 Å². The third-order valence-electron chi connectivity index (χ3n) is 3.75. The summed E-state index contributed by atoms with van der Waals surface area (Å²) in [5.74, 6) is 0.698. The Labute approximate surface area is 100 Å². The Morgan fingerprint density at radius 2 is 2.12 bits per heavy atom. The van der Waals surface area contributed by atoms with Gasteiger partial charge in [0.05, 0.1) is 0 Å². The van der Waals surface area contributed by atoms with Crippen molar-refractivity contribution in [1.82, 2.24) is 10.1 Å². The summed E-state index contributed by atoms with van der Waals surface area (Å²) in [6, 6.07) is 2.36. The summed E-state index contributed by atoms with van der Waals surface area (Å²) in [5.41, 5.74) is 1.71. The number of piperidine rings is 1. The largest absolute Gasteiger partial charge is 0.361 e. The molecule has 0 N–H and O–H groups in total. The molecule has 0 spiro atoms. The molecule has 0 radical (unpaired) electrons. The smallest absolute Gasteiger partial charge is 0.276 e. The van der Waals surface area contributed by atoms with E-state index in [9.17, 15) is 4.79 Å². The van der Waals surface area contributed by atoms with E-state index >= 15 is 0 Å². The molecular formula is C13H16N2O2. The van der Waals surface area contributed by atoms with E-state index in [1.54, 1.807) is 13.0 Å². The number of aryl methyl sites for hydroxylation is 1. The first-order valence-electron chi connectivity index (χ1n) is 6.08. The van der Waals surface area contributed by atoms with Crippen LogP contribution in [0.5, 0.6) is 0 Å². The Bertz CT molecular complexity index is 462. The van der Waals surface area contributed by atoms with Gasteiger partial charge in [-0.15, -0.1) is 0 Å². The summed E-state index contributed by atoms with van der Waals surface area (Å²) in [6.45, 7) is 5.86. The second kappa shape index (κ2) is 3.72. The van der Waals surface area contributed by atoms with Crippen LogP contribution in [0.1, 0.15) is 41.9 Å². The number of nitrogens with zero attached hydrogens (tertiary/aromatic N) is 2. The predicted molar refractivity (Wildman–Crippen MR) is 62.6 cm³/mol. The van der Waals surface area contributed by atoms with Gasteiger partial charge in [-0.05, 0) is 32.6 Å². The van der Waals surface area contributed by atoms with Crippen molar-refractivity contribution in [3.8, 4) is 0 Å². The number of amides is 1. The summed E-state index contributed by atoms with van der Waals surface area (Å²) >= 11 is 0. The monoisotopic (exact) mass is 232 g/mol. The molecule has 2 unspecified atom stereocenters. The normalized spacial score (nSPS) is 27.6. The van der Waals surface area contributed by atoms with Gasteiger partial charge in [-0.3, -0.25) is 4.79 Å². The minimum absolute atomic E-state index is 0.0156. The van der Waals surface area contributed by atoms with Gasteiger partial charge in [0, 0.05) is 18.2 Å². The quantitative estimate of drug-likeness (QED) is 0.698. The zero-order chi connectivity index (χ0) is 12.0. The SMILES string of the molecule is C=C1CC2CCC(C1)N2C(=O)c1cc(C)on1. The van der Waals surface area contributed by atoms with E-state index in [1.807, 2.05) is 4.90 Å². The van der Waals surface area contributed by atoms with Gasteiger partial charge in [0.1, 0.15) is 5.76 Å². The number of carbonyl (C=O) groups is 1. The lowest BCUT2D eigenvalue weighted by molar-refractivity contribution is 0.0624. The van der Waals surface area contributed by atoms with Gasteiger partial charge >= 0.3 is 0 Å². The Balaban J connectivity index is 1.86. The topological polar surface area (TPSA) is 46.3 Å². The third-order valence-corrected chi connectivity index (χ3v) is 3.75. The summed E-state index contributed by atoms with van der Waals surface area (Å²) in [4.78, 5) is 14.3. The number of hydrogen-bond donors (Lipinski definition) is 0. The van der Waals surface area contributed by atoms with Gasteiger partial charge in [-0.1, -0.05) is 17.3 Å². The molecule has 1 aromatic rings. The first kappa shape index (κ1) is 10.6. The molecule has 2 aliphatic rings. The standard InChI is InChI=1S/C13H16N2O2/c1-8-5-10-3-4-11(6-8)15(10)13(16)12-7-9(2)17-14-12/h7,10-11H,1,3-6H2,2H3. The average Bonchev–Trinajstić information content (AvgIpc) is 2.81. The van der Waals surface area contributed by atoms with Gasteiger partial charge in [-0.25, -0.2) is 0 Å². The summed E-state index contributed by atoms with van der Waals surface area (Å²) in [5, 5.41) is 3.82. The van der Waals surface area contributed by atoms with Crippen LogP contribution in [0.25, 0.3) is 0 Å². The molecule has 0 aliphatic carbocycles. The lowest BCUT2D eigenvalue weighted by atomic mass is 9.98. The van der Waals surface area contributed by atoms with Crippen LogP contribution in [-0.2, 0) is 0 Å². The molecule has 4 heteroatoms. The van der Waals surface area contributed by atoms with Gasteiger partial charge < -0.3 is 9.42 Å². The van der Waals surface area contributed by atoms with E-state index in [-0.39, 0.29) is 5.91 Å². The molecule has 0 aromatic carbocycles. The molecule has 17 heavy (non-hydrogen) atoms. The predicted octanol–water partition coefficient (Wildman–Crippen LogP) is 2.31. The zero-order valence-corrected chi connectivity index (χ0v) is 9.98. The van der Waals surface area contributed by atoms with Gasteiger partial charge in [0.25, 0.3) is 5.91 Å².